The van der Waals surface area contributed by atoms with Crippen LogP contribution in [0.3, 0.4) is 0 Å². The van der Waals surface area contributed by atoms with Crippen molar-refractivity contribution < 1.29 is 18.3 Å². The number of benzene rings is 1. The predicted molar refractivity (Wildman–Crippen MR) is 67.4 cm³/mol. The molecule has 0 spiro atoms. The molecule has 0 aromatic heterocycles. The molecule has 0 aliphatic heterocycles. The summed E-state index contributed by atoms with van der Waals surface area (Å²) < 4.78 is 37.2. The molecule has 5 heteroatoms. The smallest absolute Gasteiger partial charge is 0.384 e. The van der Waals surface area contributed by atoms with Gasteiger partial charge in [0.2, 0.25) is 0 Å². The average molecular weight is 271 g/mol. The predicted octanol–water partition coefficient (Wildman–Crippen LogP) is 2.41. The summed E-state index contributed by atoms with van der Waals surface area (Å²) in [6, 6.07) is 7.02. The molecule has 1 rings (SSSR count). The molecule has 0 amide bonds. The van der Waals surface area contributed by atoms with E-state index in [0.717, 1.165) is 5.56 Å². The molecular weight excluding hydrogens is 255 g/mol. The monoisotopic (exact) mass is 271 g/mol. The molecule has 0 heterocycles. The Kier molecular flexibility index (Phi) is 5.87. The molecule has 0 bridgehead atoms. The molecule has 0 aliphatic rings. The quantitative estimate of drug-likeness (QED) is 0.850. The number of rotatable bonds is 4. The zero-order chi connectivity index (χ0) is 14.3. The Labute approximate surface area is 110 Å². The van der Waals surface area contributed by atoms with Crippen molar-refractivity contribution in [3.63, 3.8) is 0 Å². The molecule has 1 aromatic rings. The summed E-state index contributed by atoms with van der Waals surface area (Å²) in [5, 5.41) is 8.67. The van der Waals surface area contributed by atoms with E-state index < -0.39 is 12.7 Å². The van der Waals surface area contributed by atoms with Gasteiger partial charge in [-0.3, -0.25) is 4.90 Å². The number of halogens is 3. The SMILES string of the molecule is CCN(Cc1ccccc1C#CCO)CC(F)(F)F. The van der Waals surface area contributed by atoms with Gasteiger partial charge in [-0.25, -0.2) is 0 Å². The molecule has 1 aromatic carbocycles. The topological polar surface area (TPSA) is 23.5 Å². The third kappa shape index (κ3) is 5.77. The van der Waals surface area contributed by atoms with Crippen LogP contribution in [-0.2, 0) is 6.54 Å². The van der Waals surface area contributed by atoms with Gasteiger partial charge in [0.15, 0.2) is 0 Å². The lowest BCUT2D eigenvalue weighted by Gasteiger charge is -2.22. The third-order valence-electron chi connectivity index (χ3n) is 2.56. The van der Waals surface area contributed by atoms with Crippen LogP contribution in [0.15, 0.2) is 24.3 Å². The lowest BCUT2D eigenvalue weighted by Crippen LogP contribution is -2.33. The number of hydrogen-bond acceptors (Lipinski definition) is 2. The van der Waals surface area contributed by atoms with E-state index in [1.165, 1.54) is 4.90 Å². The molecule has 2 nitrogen and oxygen atoms in total. The van der Waals surface area contributed by atoms with Crippen molar-refractivity contribution >= 4 is 0 Å². The van der Waals surface area contributed by atoms with Crippen LogP contribution in [0.25, 0.3) is 0 Å². The fourth-order valence-electron chi connectivity index (χ4n) is 1.69. The Morgan fingerprint density at radius 2 is 1.95 bits per heavy atom. The standard InChI is InChI=1S/C14H16F3NO/c1-2-18(11-14(15,16)17)10-13-7-4-3-6-12(13)8-5-9-19/h3-4,6-7,19H,2,9-11H2,1H3. The zero-order valence-corrected chi connectivity index (χ0v) is 10.7. The fourth-order valence-corrected chi connectivity index (χ4v) is 1.69. The van der Waals surface area contributed by atoms with E-state index in [1.54, 1.807) is 31.2 Å². The van der Waals surface area contributed by atoms with E-state index in [1.807, 2.05) is 0 Å². The molecule has 0 saturated carbocycles. The molecule has 104 valence electrons. The summed E-state index contributed by atoms with van der Waals surface area (Å²) in [6.45, 7) is 0.973. The van der Waals surface area contributed by atoms with E-state index in [4.69, 9.17) is 5.11 Å². The number of aliphatic hydroxyl groups is 1. The Hall–Kier alpha value is -1.51. The first-order valence-corrected chi connectivity index (χ1v) is 5.93. The Balaban J connectivity index is 2.85. The van der Waals surface area contributed by atoms with E-state index >= 15 is 0 Å². The highest BCUT2D eigenvalue weighted by Gasteiger charge is 2.30. The van der Waals surface area contributed by atoms with Crippen molar-refractivity contribution in [2.24, 2.45) is 0 Å². The fraction of sp³-hybridized carbons (Fsp3) is 0.429. The lowest BCUT2D eigenvalue weighted by molar-refractivity contribution is -0.146. The molecule has 0 atom stereocenters. The second-order valence-electron chi connectivity index (χ2n) is 4.04. The van der Waals surface area contributed by atoms with Crippen molar-refractivity contribution in [3.05, 3.63) is 35.4 Å². The van der Waals surface area contributed by atoms with Gasteiger partial charge in [0.05, 0.1) is 6.54 Å². The maximum absolute atomic E-state index is 12.4. The maximum Gasteiger partial charge on any atom is 0.401 e. The van der Waals surface area contributed by atoms with Gasteiger partial charge in [-0.05, 0) is 18.2 Å². The second-order valence-corrected chi connectivity index (χ2v) is 4.04. The van der Waals surface area contributed by atoms with Crippen molar-refractivity contribution in [2.45, 2.75) is 19.6 Å². The van der Waals surface area contributed by atoms with Gasteiger partial charge < -0.3 is 5.11 Å². The van der Waals surface area contributed by atoms with Crippen LogP contribution in [0.5, 0.6) is 0 Å². The summed E-state index contributed by atoms with van der Waals surface area (Å²) in [5.74, 6) is 5.26. The summed E-state index contributed by atoms with van der Waals surface area (Å²) >= 11 is 0. The van der Waals surface area contributed by atoms with Gasteiger partial charge in [-0.2, -0.15) is 13.2 Å². The van der Waals surface area contributed by atoms with Crippen molar-refractivity contribution in [1.29, 1.82) is 0 Å². The Morgan fingerprint density at radius 1 is 1.26 bits per heavy atom. The van der Waals surface area contributed by atoms with E-state index in [0.29, 0.717) is 12.1 Å². The lowest BCUT2D eigenvalue weighted by atomic mass is 10.1. The first-order chi connectivity index (χ1) is 8.96. The van der Waals surface area contributed by atoms with Crippen LogP contribution in [-0.4, -0.2) is 35.9 Å². The largest absolute Gasteiger partial charge is 0.401 e. The van der Waals surface area contributed by atoms with Gasteiger partial charge in [0, 0.05) is 12.1 Å². The minimum Gasteiger partial charge on any atom is -0.384 e. The van der Waals surface area contributed by atoms with Gasteiger partial charge in [0.25, 0.3) is 0 Å². The van der Waals surface area contributed by atoms with Gasteiger partial charge in [-0.15, -0.1) is 0 Å². The van der Waals surface area contributed by atoms with Crippen LogP contribution in [0.1, 0.15) is 18.1 Å². The summed E-state index contributed by atoms with van der Waals surface area (Å²) in [6.07, 6.45) is -4.21. The first kappa shape index (κ1) is 15.5. The van der Waals surface area contributed by atoms with Gasteiger partial charge in [0.1, 0.15) is 6.61 Å². The highest BCUT2D eigenvalue weighted by molar-refractivity contribution is 5.41. The van der Waals surface area contributed by atoms with E-state index in [-0.39, 0.29) is 13.2 Å². The summed E-state index contributed by atoms with van der Waals surface area (Å²) in [4.78, 5) is 1.31. The second kappa shape index (κ2) is 7.17. The van der Waals surface area contributed by atoms with Gasteiger partial charge >= 0.3 is 6.18 Å². The van der Waals surface area contributed by atoms with E-state index in [9.17, 15) is 13.2 Å². The van der Waals surface area contributed by atoms with Crippen molar-refractivity contribution in [2.75, 3.05) is 19.7 Å². The minimum atomic E-state index is -4.21. The molecular formula is C14H16F3NO. The Morgan fingerprint density at radius 3 is 2.53 bits per heavy atom. The molecule has 0 fully saturated rings. The molecule has 0 radical (unpaired) electrons. The van der Waals surface area contributed by atoms with Crippen LogP contribution < -0.4 is 0 Å². The number of hydrogen-bond donors (Lipinski definition) is 1. The maximum atomic E-state index is 12.4. The van der Waals surface area contributed by atoms with Crippen LogP contribution >= 0.6 is 0 Å². The minimum absolute atomic E-state index is 0.187. The molecule has 19 heavy (non-hydrogen) atoms. The van der Waals surface area contributed by atoms with E-state index in [2.05, 4.69) is 11.8 Å². The number of aliphatic hydroxyl groups excluding tert-OH is 1. The highest BCUT2D eigenvalue weighted by Crippen LogP contribution is 2.19. The molecule has 0 saturated heterocycles. The third-order valence-corrected chi connectivity index (χ3v) is 2.56. The number of alkyl halides is 3. The highest BCUT2D eigenvalue weighted by atomic mass is 19.4. The zero-order valence-electron chi connectivity index (χ0n) is 10.7. The van der Waals surface area contributed by atoms with Crippen LogP contribution in [0, 0.1) is 11.8 Å². The molecule has 0 aliphatic carbocycles. The van der Waals surface area contributed by atoms with Gasteiger partial charge in [-0.1, -0.05) is 37.0 Å². The van der Waals surface area contributed by atoms with Crippen molar-refractivity contribution in [3.8, 4) is 11.8 Å². The summed E-state index contributed by atoms with van der Waals surface area (Å²) in [7, 11) is 0. The van der Waals surface area contributed by atoms with Crippen LogP contribution in [0.2, 0.25) is 0 Å². The normalized spacial score (nSPS) is 11.3. The molecule has 1 N–H and O–H groups in total. The first-order valence-electron chi connectivity index (χ1n) is 5.93. The Bertz CT molecular complexity index is 460. The average Bonchev–Trinajstić information content (AvgIpc) is 2.35. The summed E-state index contributed by atoms with van der Waals surface area (Å²) in [5.41, 5.74) is 1.38. The van der Waals surface area contributed by atoms with Crippen molar-refractivity contribution in [1.82, 2.24) is 4.90 Å². The van der Waals surface area contributed by atoms with Crippen LogP contribution in [0.4, 0.5) is 13.2 Å². The number of nitrogens with zero attached hydrogens (tertiary/aromatic N) is 1. The molecule has 0 unspecified atom stereocenters.